The van der Waals surface area contributed by atoms with Gasteiger partial charge in [-0.15, -0.1) is 0 Å². The molecule has 8 unspecified atom stereocenters. The molecule has 0 bridgehead atoms. The summed E-state index contributed by atoms with van der Waals surface area (Å²) in [7, 11) is 0. The Hall–Kier alpha value is -7.04. The zero-order chi connectivity index (χ0) is 79.9. The van der Waals surface area contributed by atoms with Gasteiger partial charge in [-0.05, 0) is 55.4 Å². The van der Waals surface area contributed by atoms with Gasteiger partial charge in [-0.1, -0.05) is 52.6 Å². The van der Waals surface area contributed by atoms with Gasteiger partial charge in [0, 0.05) is 44.6 Å². The Balaban J connectivity index is 8.53. The molecule has 0 saturated heterocycles. The van der Waals surface area contributed by atoms with Crippen molar-refractivity contribution in [2.24, 2.45) is 16.2 Å². The zero-order valence-electron chi connectivity index (χ0n) is 61.8. The first-order chi connectivity index (χ1) is 49.2. The van der Waals surface area contributed by atoms with Crippen molar-refractivity contribution in [3.05, 3.63) is 97.2 Å². The minimum absolute atomic E-state index is 0.0151. The van der Waals surface area contributed by atoms with Gasteiger partial charge in [0.15, 0.2) is 0 Å². The summed E-state index contributed by atoms with van der Waals surface area (Å²) < 4.78 is 103. The van der Waals surface area contributed by atoms with Crippen LogP contribution in [0.4, 0.5) is 0 Å². The third-order valence-electron chi connectivity index (χ3n) is 13.4. The molecular weight excluding hydrogens is 1400 g/mol. The number of carbonyl (C=O) groups is 8. The molecule has 0 aliphatic heterocycles. The van der Waals surface area contributed by atoms with Gasteiger partial charge >= 0.3 is 47.8 Å². The van der Waals surface area contributed by atoms with Crippen molar-refractivity contribution in [3.8, 4) is 0 Å². The number of rotatable bonds is 64. The lowest BCUT2D eigenvalue weighted by Crippen LogP contribution is -2.48. The van der Waals surface area contributed by atoms with Crippen LogP contribution in [0.15, 0.2) is 97.2 Å². The average Bonchev–Trinajstić information content (AvgIpc) is 0.843. The van der Waals surface area contributed by atoms with Gasteiger partial charge in [-0.3, -0.25) is 0 Å². The largest absolute Gasteiger partial charge is 0.460 e. The quantitative estimate of drug-likeness (QED) is 0.0225. The molecule has 8 N–H and O–H groups in total. The molecule has 0 heterocycles. The Morgan fingerprint density at radius 2 is 0.295 bits per heavy atom. The first-order valence-electron chi connectivity index (χ1n) is 33.0. The van der Waals surface area contributed by atoms with E-state index in [1.807, 2.05) is 0 Å². The standard InChI is InChI=1S/C71H112O34/c1-45(2)61(80)98-25-53(72)17-88-33-69(34-89-18-54(73)26-99-62(81)46(3)4,35-90-19-55(74)27-100-63(82)47(5)6)41-96-43-71(39-94-23-59(78)31-104-67(86)51(13)14,40-95-24-60(79)32-105-68(87)52(15)16)44-97-42-70(36-91-20-56(75)28-101-64(83)48(7)8,37-92-21-57(76)29-102-65(84)49(9)10)38-93-22-58(77)30-103-66(85)50(11)12/h53-60,72-79H,1,3,5,7,9,11,13,15,17-44H2,2,4,6,8,10,12,14,16H3. The number of carbonyl (C=O) groups excluding carboxylic acids is 8. The van der Waals surface area contributed by atoms with Crippen molar-refractivity contribution in [3.63, 3.8) is 0 Å². The molecule has 0 aliphatic rings. The van der Waals surface area contributed by atoms with Crippen LogP contribution in [0, 0.1) is 16.2 Å². The van der Waals surface area contributed by atoms with Crippen molar-refractivity contribution >= 4 is 47.8 Å². The second kappa shape index (κ2) is 53.7. The fraction of sp³-hybridized carbons (Fsp3) is 0.662. The number of esters is 8. The molecule has 0 saturated carbocycles. The third-order valence-corrected chi connectivity index (χ3v) is 13.4. The summed E-state index contributed by atoms with van der Waals surface area (Å²) in [5, 5.41) is 87.9. The summed E-state index contributed by atoms with van der Waals surface area (Å²) in [5.74, 6) is -6.57. The molecule has 0 aliphatic carbocycles. The first-order valence-corrected chi connectivity index (χ1v) is 33.0. The molecule has 34 heteroatoms. The van der Waals surface area contributed by atoms with E-state index in [0.717, 1.165) is 0 Å². The minimum atomic E-state index is -1.73. The average molecular weight is 1510 g/mol. The zero-order valence-corrected chi connectivity index (χ0v) is 61.8. The fourth-order valence-corrected chi connectivity index (χ4v) is 7.76. The van der Waals surface area contributed by atoms with E-state index >= 15 is 0 Å². The second-order valence-electron chi connectivity index (χ2n) is 25.9. The Labute approximate surface area is 612 Å². The Kier molecular flexibility index (Phi) is 50.1. The van der Waals surface area contributed by atoms with Gasteiger partial charge < -0.3 is 126 Å². The predicted octanol–water partition coefficient (Wildman–Crippen LogP) is -0.0468. The lowest BCUT2D eigenvalue weighted by atomic mass is 9.89. The third kappa shape index (κ3) is 46.6. The van der Waals surface area contributed by atoms with Crippen LogP contribution < -0.4 is 0 Å². The number of hydrogen-bond donors (Lipinski definition) is 8. The van der Waals surface area contributed by atoms with E-state index in [0.29, 0.717) is 0 Å². The van der Waals surface area contributed by atoms with E-state index in [1.54, 1.807) is 0 Å². The minimum Gasteiger partial charge on any atom is -0.460 e. The van der Waals surface area contributed by atoms with E-state index in [4.69, 9.17) is 85.3 Å². The van der Waals surface area contributed by atoms with Crippen LogP contribution in [-0.4, -0.2) is 322 Å². The molecular formula is C71H112O34. The summed E-state index contributed by atoms with van der Waals surface area (Å²) in [6.45, 7) is 24.1. The van der Waals surface area contributed by atoms with Gasteiger partial charge in [0.05, 0.1) is 148 Å². The monoisotopic (exact) mass is 1510 g/mol. The van der Waals surface area contributed by atoms with E-state index in [9.17, 15) is 79.2 Å². The number of hydrogen-bond acceptors (Lipinski definition) is 34. The van der Waals surface area contributed by atoms with Gasteiger partial charge in [0.1, 0.15) is 102 Å². The van der Waals surface area contributed by atoms with Crippen molar-refractivity contribution < 1.29 is 164 Å². The molecule has 8 atom stereocenters. The number of aliphatic hydroxyl groups is 8. The van der Waals surface area contributed by atoms with Crippen LogP contribution in [0.25, 0.3) is 0 Å². The molecule has 34 nitrogen and oxygen atoms in total. The summed E-state index contributed by atoms with van der Waals surface area (Å²) in [5.41, 5.74) is -4.76. The normalized spacial score (nSPS) is 15.3. The topological polar surface area (TPSA) is 465 Å². The van der Waals surface area contributed by atoms with Crippen LogP contribution >= 0.6 is 0 Å². The van der Waals surface area contributed by atoms with E-state index in [2.05, 4.69) is 52.6 Å². The van der Waals surface area contributed by atoms with Crippen LogP contribution in [0.1, 0.15) is 55.4 Å². The predicted molar refractivity (Wildman–Crippen MR) is 370 cm³/mol. The fourth-order valence-electron chi connectivity index (χ4n) is 7.76. The van der Waals surface area contributed by atoms with Gasteiger partial charge in [-0.2, -0.15) is 0 Å². The Morgan fingerprint density at radius 1 is 0.200 bits per heavy atom. The van der Waals surface area contributed by atoms with Crippen molar-refractivity contribution in [2.75, 3.05) is 185 Å². The Bertz CT molecular complexity index is 2400. The van der Waals surface area contributed by atoms with Gasteiger partial charge in [0.2, 0.25) is 0 Å². The number of ether oxygens (including phenoxy) is 18. The molecule has 0 amide bonds. The number of aliphatic hydroxyl groups excluding tert-OH is 8. The van der Waals surface area contributed by atoms with Crippen molar-refractivity contribution in [1.82, 2.24) is 0 Å². The summed E-state index contributed by atoms with van der Waals surface area (Å²) in [6, 6.07) is 0. The molecule has 0 aromatic heterocycles. The molecule has 0 radical (unpaired) electrons. The molecule has 0 aromatic carbocycles. The van der Waals surface area contributed by atoms with Crippen molar-refractivity contribution in [2.45, 2.75) is 104 Å². The highest BCUT2D eigenvalue weighted by Gasteiger charge is 2.41. The van der Waals surface area contributed by atoms with Crippen LogP contribution in [0.2, 0.25) is 0 Å². The Morgan fingerprint density at radius 3 is 0.390 bits per heavy atom. The SMILES string of the molecule is C=C(C)C(=O)OCC(O)COCC(COCC(O)COC(=O)C(=C)C)(COCC(O)COC(=O)C(=C)C)COCC(COCC(O)COC(=O)C(=C)C)(COCC(O)COC(=O)C(=C)C)COCC(COCC(O)COC(=O)C(=C)C)(COCC(O)COC(=O)C(=C)C)COCC(O)COC(=O)C(=C)C. The molecule has 0 aromatic rings. The van der Waals surface area contributed by atoms with Gasteiger partial charge in [-0.25, -0.2) is 38.4 Å². The highest BCUT2D eigenvalue weighted by molar-refractivity contribution is 5.89. The van der Waals surface area contributed by atoms with Crippen LogP contribution in [0.3, 0.4) is 0 Å². The highest BCUT2D eigenvalue weighted by atomic mass is 16.6. The van der Waals surface area contributed by atoms with Crippen molar-refractivity contribution in [1.29, 1.82) is 0 Å². The lowest BCUT2D eigenvalue weighted by Gasteiger charge is -2.38. The maximum Gasteiger partial charge on any atom is 0.333 e. The molecule has 600 valence electrons. The summed E-state index contributed by atoms with van der Waals surface area (Å²) in [6.07, 6.45) is -11.8. The highest BCUT2D eigenvalue weighted by Crippen LogP contribution is 2.29. The van der Waals surface area contributed by atoms with Crippen LogP contribution in [-0.2, 0) is 124 Å². The lowest BCUT2D eigenvalue weighted by molar-refractivity contribution is -0.172. The summed E-state index contributed by atoms with van der Waals surface area (Å²) in [4.78, 5) is 98.4. The van der Waals surface area contributed by atoms with E-state index < -0.39 is 298 Å². The van der Waals surface area contributed by atoms with Crippen LogP contribution in [0.5, 0.6) is 0 Å². The first kappa shape index (κ1) is 98.0. The molecule has 105 heavy (non-hydrogen) atoms. The smallest absolute Gasteiger partial charge is 0.333 e. The molecule has 0 fully saturated rings. The molecule has 0 spiro atoms. The van der Waals surface area contributed by atoms with E-state index in [-0.39, 0.29) is 44.6 Å². The summed E-state index contributed by atoms with van der Waals surface area (Å²) >= 11 is 0. The second-order valence-corrected chi connectivity index (χ2v) is 25.9. The molecule has 0 rings (SSSR count). The van der Waals surface area contributed by atoms with Gasteiger partial charge in [0.25, 0.3) is 0 Å². The maximum absolute atomic E-state index is 12.4. The maximum atomic E-state index is 12.4. The van der Waals surface area contributed by atoms with E-state index in [1.165, 1.54) is 55.4 Å².